The maximum absolute atomic E-state index is 13.1. The fourth-order valence-electron chi connectivity index (χ4n) is 3.36. The SMILES string of the molecule is FC(F)(F)c1nnc2ccc(N3CCN(c4nccn5nccc45)CC3)nn12. The van der Waals surface area contributed by atoms with Gasteiger partial charge in [0.25, 0.3) is 5.82 Å². The molecule has 0 bridgehead atoms. The van der Waals surface area contributed by atoms with Gasteiger partial charge in [0.2, 0.25) is 0 Å². The van der Waals surface area contributed by atoms with Crippen LogP contribution in [0.2, 0.25) is 0 Å². The molecule has 0 unspecified atom stereocenters. The first kappa shape index (κ1) is 16.7. The maximum atomic E-state index is 13.1. The molecule has 1 aliphatic rings. The second-order valence-electron chi connectivity index (χ2n) is 6.37. The van der Waals surface area contributed by atoms with Crippen LogP contribution >= 0.6 is 0 Å². The Hall–Kier alpha value is -3.44. The standard InChI is InChI=1S/C16H14F3N9/c17-16(18,19)15-23-22-12-1-2-13(24-28(12)15)25-7-9-26(10-8-25)14-11-3-4-21-27(11)6-5-20-14/h1-6H,7-10H2. The Kier molecular flexibility index (Phi) is 3.60. The average molecular weight is 389 g/mol. The Balaban J connectivity index is 1.39. The molecule has 1 aliphatic heterocycles. The lowest BCUT2D eigenvalue weighted by Gasteiger charge is -2.36. The molecular weight excluding hydrogens is 375 g/mol. The molecule has 12 heteroatoms. The normalized spacial score (nSPS) is 15.7. The summed E-state index contributed by atoms with van der Waals surface area (Å²) in [5, 5.41) is 15.1. The van der Waals surface area contributed by atoms with E-state index in [4.69, 9.17) is 0 Å². The zero-order chi connectivity index (χ0) is 19.3. The predicted molar refractivity (Wildman–Crippen MR) is 93.2 cm³/mol. The number of anilines is 2. The first-order chi connectivity index (χ1) is 13.5. The fraction of sp³-hybridized carbons (Fsp3) is 0.312. The lowest BCUT2D eigenvalue weighted by molar-refractivity contribution is -0.146. The monoisotopic (exact) mass is 389 g/mol. The fourth-order valence-corrected chi connectivity index (χ4v) is 3.36. The van der Waals surface area contributed by atoms with Crippen LogP contribution in [-0.4, -0.2) is 60.6 Å². The zero-order valence-electron chi connectivity index (χ0n) is 14.5. The highest BCUT2D eigenvalue weighted by atomic mass is 19.4. The molecule has 0 saturated carbocycles. The number of fused-ring (bicyclic) bond motifs is 2. The summed E-state index contributed by atoms with van der Waals surface area (Å²) in [5.74, 6) is 0.161. The number of rotatable bonds is 2. The van der Waals surface area contributed by atoms with Crippen molar-refractivity contribution in [1.82, 2.24) is 34.4 Å². The molecule has 0 aromatic carbocycles. The van der Waals surface area contributed by atoms with Crippen LogP contribution in [0, 0.1) is 0 Å². The number of hydrogen-bond acceptors (Lipinski definition) is 7. The van der Waals surface area contributed by atoms with E-state index < -0.39 is 12.0 Å². The molecule has 9 nitrogen and oxygen atoms in total. The summed E-state index contributed by atoms with van der Waals surface area (Å²) in [6.07, 6.45) is 0.583. The third kappa shape index (κ3) is 2.68. The Morgan fingerprint density at radius 2 is 1.68 bits per heavy atom. The van der Waals surface area contributed by atoms with E-state index in [1.165, 1.54) is 6.07 Å². The van der Waals surface area contributed by atoms with Crippen molar-refractivity contribution in [2.24, 2.45) is 0 Å². The van der Waals surface area contributed by atoms with Gasteiger partial charge in [-0.1, -0.05) is 0 Å². The van der Waals surface area contributed by atoms with Crippen LogP contribution in [0.3, 0.4) is 0 Å². The summed E-state index contributed by atoms with van der Waals surface area (Å²) in [6, 6.07) is 5.05. The van der Waals surface area contributed by atoms with Gasteiger partial charge in [-0.05, 0) is 18.2 Å². The van der Waals surface area contributed by atoms with Crippen molar-refractivity contribution < 1.29 is 13.2 Å². The molecule has 5 rings (SSSR count). The number of aromatic nitrogens is 7. The summed E-state index contributed by atoms with van der Waals surface area (Å²) >= 11 is 0. The lowest BCUT2D eigenvalue weighted by Crippen LogP contribution is -2.47. The maximum Gasteiger partial charge on any atom is 0.453 e. The number of hydrogen-bond donors (Lipinski definition) is 0. The summed E-state index contributed by atoms with van der Waals surface area (Å²) in [4.78, 5) is 8.53. The van der Waals surface area contributed by atoms with Gasteiger partial charge in [-0.25, -0.2) is 9.50 Å². The van der Waals surface area contributed by atoms with Crippen molar-refractivity contribution in [3.8, 4) is 0 Å². The van der Waals surface area contributed by atoms with Crippen molar-refractivity contribution in [2.45, 2.75) is 6.18 Å². The second kappa shape index (κ2) is 6.04. The van der Waals surface area contributed by atoms with Crippen LogP contribution in [0.4, 0.5) is 24.8 Å². The first-order valence-corrected chi connectivity index (χ1v) is 8.58. The zero-order valence-corrected chi connectivity index (χ0v) is 14.5. The van der Waals surface area contributed by atoms with Gasteiger partial charge in [0.15, 0.2) is 11.5 Å². The van der Waals surface area contributed by atoms with E-state index in [1.54, 1.807) is 29.2 Å². The molecule has 0 atom stereocenters. The lowest BCUT2D eigenvalue weighted by atomic mass is 10.3. The minimum absolute atomic E-state index is 0.0614. The summed E-state index contributed by atoms with van der Waals surface area (Å²) in [7, 11) is 0. The van der Waals surface area contributed by atoms with Crippen LogP contribution in [-0.2, 0) is 6.18 Å². The smallest absolute Gasteiger partial charge is 0.352 e. The Labute approximate surface area is 156 Å². The average Bonchev–Trinajstić information content (AvgIpc) is 3.34. The van der Waals surface area contributed by atoms with Crippen LogP contribution in [0.5, 0.6) is 0 Å². The minimum atomic E-state index is -4.61. The largest absolute Gasteiger partial charge is 0.453 e. The molecule has 5 heterocycles. The van der Waals surface area contributed by atoms with E-state index in [0.717, 1.165) is 15.8 Å². The summed E-state index contributed by atoms with van der Waals surface area (Å²) in [6.45, 7) is 2.51. The van der Waals surface area contributed by atoms with E-state index in [-0.39, 0.29) is 5.65 Å². The van der Waals surface area contributed by atoms with Crippen LogP contribution in [0.1, 0.15) is 5.82 Å². The van der Waals surface area contributed by atoms with Crippen molar-refractivity contribution in [3.63, 3.8) is 0 Å². The van der Waals surface area contributed by atoms with Gasteiger partial charge in [-0.3, -0.25) is 0 Å². The van der Waals surface area contributed by atoms with Crippen LogP contribution in [0.25, 0.3) is 11.2 Å². The Bertz CT molecular complexity index is 1140. The molecule has 1 saturated heterocycles. The van der Waals surface area contributed by atoms with Gasteiger partial charge in [-0.2, -0.15) is 22.8 Å². The molecule has 28 heavy (non-hydrogen) atoms. The summed E-state index contributed by atoms with van der Waals surface area (Å²) in [5.41, 5.74) is 0.973. The molecule has 0 radical (unpaired) electrons. The highest BCUT2D eigenvalue weighted by Crippen LogP contribution is 2.28. The van der Waals surface area contributed by atoms with Crippen molar-refractivity contribution in [2.75, 3.05) is 36.0 Å². The summed E-state index contributed by atoms with van der Waals surface area (Å²) < 4.78 is 41.7. The molecule has 4 aromatic heterocycles. The van der Waals surface area contributed by atoms with Crippen LogP contribution in [0.15, 0.2) is 36.8 Å². The van der Waals surface area contributed by atoms with Crippen molar-refractivity contribution in [1.29, 1.82) is 0 Å². The molecule has 0 amide bonds. The predicted octanol–water partition coefficient (Wildman–Crippen LogP) is 1.51. The van der Waals surface area contributed by atoms with Crippen LogP contribution < -0.4 is 9.80 Å². The molecule has 0 spiro atoms. The van der Waals surface area contributed by atoms with E-state index in [1.807, 2.05) is 11.0 Å². The Morgan fingerprint density at radius 3 is 2.46 bits per heavy atom. The molecule has 1 fully saturated rings. The molecule has 0 N–H and O–H groups in total. The van der Waals surface area contributed by atoms with E-state index >= 15 is 0 Å². The van der Waals surface area contributed by atoms with Crippen molar-refractivity contribution in [3.05, 3.63) is 42.6 Å². The molecule has 0 aliphatic carbocycles. The molecular formula is C16H14F3N9. The van der Waals surface area contributed by atoms with E-state index in [2.05, 4.69) is 30.3 Å². The third-order valence-corrected chi connectivity index (χ3v) is 4.71. The second-order valence-corrected chi connectivity index (χ2v) is 6.37. The van der Waals surface area contributed by atoms with Gasteiger partial charge in [0, 0.05) is 38.6 Å². The first-order valence-electron chi connectivity index (χ1n) is 8.58. The number of halogens is 3. The number of nitrogens with zero attached hydrogens (tertiary/aromatic N) is 9. The van der Waals surface area contributed by atoms with Gasteiger partial charge in [0.1, 0.15) is 11.3 Å². The highest BCUT2D eigenvalue weighted by molar-refractivity contribution is 5.68. The minimum Gasteiger partial charge on any atom is -0.352 e. The third-order valence-electron chi connectivity index (χ3n) is 4.71. The number of alkyl halides is 3. The number of piperazine rings is 1. The van der Waals surface area contributed by atoms with Gasteiger partial charge in [0.05, 0.1) is 6.20 Å². The van der Waals surface area contributed by atoms with Gasteiger partial charge < -0.3 is 9.80 Å². The quantitative estimate of drug-likeness (QED) is 0.514. The molecule has 4 aromatic rings. The topological polar surface area (TPSA) is 79.8 Å². The molecule has 144 valence electrons. The van der Waals surface area contributed by atoms with Gasteiger partial charge in [-0.15, -0.1) is 15.3 Å². The Morgan fingerprint density at radius 1 is 0.893 bits per heavy atom. The highest BCUT2D eigenvalue weighted by Gasteiger charge is 2.37. The van der Waals surface area contributed by atoms with Gasteiger partial charge >= 0.3 is 6.18 Å². The van der Waals surface area contributed by atoms with Crippen molar-refractivity contribution >= 4 is 22.8 Å². The van der Waals surface area contributed by atoms with E-state index in [0.29, 0.717) is 32.0 Å². The van der Waals surface area contributed by atoms with E-state index in [9.17, 15) is 13.2 Å².